The average Bonchev–Trinajstić information content (AvgIpc) is 3.82. The molecule has 0 unspecified atom stereocenters. The van der Waals surface area contributed by atoms with E-state index in [1.165, 1.54) is 0 Å². The van der Waals surface area contributed by atoms with Crippen molar-refractivity contribution >= 4 is 45.6 Å². The van der Waals surface area contributed by atoms with Gasteiger partial charge in [0.15, 0.2) is 5.60 Å². The number of aliphatic hydroxyl groups is 2. The lowest BCUT2D eigenvalue weighted by molar-refractivity contribution is -0.150. The number of anilines is 3. The summed E-state index contributed by atoms with van der Waals surface area (Å²) in [5.41, 5.74) is 1.45. The van der Waals surface area contributed by atoms with Crippen molar-refractivity contribution < 1.29 is 29.3 Å². The number of hydrogen-bond donors (Lipinski definition) is 2. The highest BCUT2D eigenvalue weighted by Crippen LogP contribution is 2.59. The number of hydrogen-bond acceptors (Lipinski definition) is 6. The van der Waals surface area contributed by atoms with E-state index in [1.807, 2.05) is 91.9 Å². The summed E-state index contributed by atoms with van der Waals surface area (Å²) in [4.78, 5) is 47.9. The molecule has 3 amide bonds. The molecule has 0 aliphatic carbocycles. The first-order valence-electron chi connectivity index (χ1n) is 17.2. The lowest BCUT2D eigenvalue weighted by atomic mass is 9.70. The molecule has 49 heavy (non-hydrogen) atoms. The minimum Gasteiger partial charge on any atom is -0.394 e. The highest BCUT2D eigenvalue weighted by atomic mass is 16.5. The number of benzene rings is 4. The second-order valence-corrected chi connectivity index (χ2v) is 14.5. The summed E-state index contributed by atoms with van der Waals surface area (Å²) >= 11 is 0. The summed E-state index contributed by atoms with van der Waals surface area (Å²) in [6, 6.07) is 26.8. The Morgan fingerprint density at radius 3 is 2.47 bits per heavy atom. The average molecular weight is 660 g/mol. The van der Waals surface area contributed by atoms with E-state index in [4.69, 9.17) is 4.74 Å². The second-order valence-electron chi connectivity index (χ2n) is 14.5. The summed E-state index contributed by atoms with van der Waals surface area (Å²) in [6.07, 6.45) is 0.748. The standard InChI is InChI=1S/C40H41N3O6/c1-24-36(39(2,3)48)33(21-34(45)41-19-9-14-28(41)23-44)49-40(24)30-20-27(17-18-31(30)42(38(40)47)22-25-10-5-4-6-11-25)43-32-16-8-13-26-12-7-15-29(35(26)32)37(43)46/h4-8,10-13,15-18,20,24,28,33,36,44,48H,9,14,19,21-23H2,1-3H3/t24-,28+,33+,36-,40+/m1/s1. The monoisotopic (exact) mass is 659 g/mol. The molecule has 4 aromatic rings. The molecular formula is C40H41N3O6. The van der Waals surface area contributed by atoms with Gasteiger partial charge in [0.05, 0.1) is 54.3 Å². The molecule has 0 saturated carbocycles. The van der Waals surface area contributed by atoms with Crippen LogP contribution in [0.1, 0.15) is 61.5 Å². The van der Waals surface area contributed by atoms with Gasteiger partial charge in [-0.3, -0.25) is 19.3 Å². The molecule has 0 bridgehead atoms. The minimum atomic E-state index is -1.52. The molecule has 4 aromatic carbocycles. The minimum absolute atomic E-state index is 0.0276. The van der Waals surface area contributed by atoms with Crippen LogP contribution in [0.25, 0.3) is 10.8 Å². The predicted octanol–water partition coefficient (Wildman–Crippen LogP) is 5.67. The Bertz CT molecular complexity index is 1980. The van der Waals surface area contributed by atoms with Gasteiger partial charge in [0.2, 0.25) is 5.91 Å². The molecule has 4 aliphatic heterocycles. The highest BCUT2D eigenvalue weighted by molar-refractivity contribution is 6.28. The molecule has 4 heterocycles. The molecule has 5 atom stereocenters. The van der Waals surface area contributed by atoms with Crippen LogP contribution in [0.4, 0.5) is 17.1 Å². The Morgan fingerprint density at radius 1 is 0.980 bits per heavy atom. The van der Waals surface area contributed by atoms with Gasteiger partial charge in [0.25, 0.3) is 11.8 Å². The number of carbonyl (C=O) groups excluding carboxylic acids is 3. The van der Waals surface area contributed by atoms with Crippen LogP contribution in [0.3, 0.4) is 0 Å². The van der Waals surface area contributed by atoms with Gasteiger partial charge in [-0.2, -0.15) is 0 Å². The number of nitrogens with zero attached hydrogens (tertiary/aromatic N) is 3. The van der Waals surface area contributed by atoms with Crippen LogP contribution in [0.5, 0.6) is 0 Å². The fourth-order valence-electron chi connectivity index (χ4n) is 9.14. The lowest BCUT2D eigenvalue weighted by Crippen LogP contribution is -2.46. The van der Waals surface area contributed by atoms with Crippen LogP contribution in [0, 0.1) is 11.8 Å². The van der Waals surface area contributed by atoms with Gasteiger partial charge >= 0.3 is 0 Å². The summed E-state index contributed by atoms with van der Waals surface area (Å²) in [7, 11) is 0. The van der Waals surface area contributed by atoms with Crippen LogP contribution in [0.2, 0.25) is 0 Å². The number of amides is 3. The van der Waals surface area contributed by atoms with Crippen molar-refractivity contribution in [3.63, 3.8) is 0 Å². The van der Waals surface area contributed by atoms with Crippen LogP contribution >= 0.6 is 0 Å². The second kappa shape index (κ2) is 11.5. The van der Waals surface area contributed by atoms with Gasteiger partial charge in [-0.1, -0.05) is 61.5 Å². The predicted molar refractivity (Wildman–Crippen MR) is 186 cm³/mol. The molecule has 0 aromatic heterocycles. The normalized spacial score (nSPS) is 26.1. The Labute approximate surface area is 285 Å². The van der Waals surface area contributed by atoms with Crippen molar-refractivity contribution in [1.82, 2.24) is 4.90 Å². The third-order valence-corrected chi connectivity index (χ3v) is 11.3. The number of rotatable bonds is 7. The molecule has 8 rings (SSSR count). The van der Waals surface area contributed by atoms with Crippen LogP contribution < -0.4 is 9.80 Å². The van der Waals surface area contributed by atoms with Crippen molar-refractivity contribution in [1.29, 1.82) is 0 Å². The summed E-state index contributed by atoms with van der Waals surface area (Å²) in [6.45, 7) is 6.10. The number of aliphatic hydroxyl groups excluding tert-OH is 1. The summed E-state index contributed by atoms with van der Waals surface area (Å²) in [5.74, 6) is -1.67. The maximum atomic E-state index is 15.0. The molecular weight excluding hydrogens is 618 g/mol. The van der Waals surface area contributed by atoms with E-state index in [1.54, 1.807) is 28.5 Å². The molecule has 9 nitrogen and oxygen atoms in total. The highest BCUT2D eigenvalue weighted by Gasteiger charge is 2.66. The fourth-order valence-corrected chi connectivity index (χ4v) is 9.14. The number of ether oxygens (including phenoxy) is 1. The van der Waals surface area contributed by atoms with E-state index < -0.39 is 29.1 Å². The first kappa shape index (κ1) is 31.7. The van der Waals surface area contributed by atoms with E-state index in [-0.39, 0.29) is 36.8 Å². The molecule has 2 saturated heterocycles. The third-order valence-electron chi connectivity index (χ3n) is 11.3. The Kier molecular flexibility index (Phi) is 7.44. The number of carbonyl (C=O) groups is 3. The molecule has 9 heteroatoms. The fraction of sp³-hybridized carbons (Fsp3) is 0.375. The smallest absolute Gasteiger partial charge is 0.264 e. The SMILES string of the molecule is C[C@@H]1[C@@H](C(C)(C)O)[C@H](CC(=O)N2CCC[C@H]2CO)O[C@@]12C(=O)N(Cc1ccccc1)c1ccc(N3C(=O)c4cccc5cccc3c45)cc12. The zero-order chi connectivity index (χ0) is 34.2. The summed E-state index contributed by atoms with van der Waals surface area (Å²) in [5, 5.41) is 23.4. The van der Waals surface area contributed by atoms with Gasteiger partial charge in [0, 0.05) is 35.0 Å². The van der Waals surface area contributed by atoms with Gasteiger partial charge in [0.1, 0.15) is 0 Å². The zero-order valence-electron chi connectivity index (χ0n) is 28.0. The van der Waals surface area contributed by atoms with E-state index >= 15 is 0 Å². The van der Waals surface area contributed by atoms with E-state index in [2.05, 4.69) is 0 Å². The first-order valence-corrected chi connectivity index (χ1v) is 17.2. The maximum Gasteiger partial charge on any atom is 0.264 e. The largest absolute Gasteiger partial charge is 0.394 e. The van der Waals surface area contributed by atoms with Crippen LogP contribution in [-0.2, 0) is 26.5 Å². The van der Waals surface area contributed by atoms with Gasteiger partial charge in [-0.05, 0) is 68.0 Å². The van der Waals surface area contributed by atoms with Gasteiger partial charge < -0.3 is 24.7 Å². The number of likely N-dealkylation sites (tertiary alicyclic amines) is 1. The van der Waals surface area contributed by atoms with Crippen molar-refractivity contribution in [2.45, 2.75) is 69.9 Å². The van der Waals surface area contributed by atoms with E-state index in [0.717, 1.165) is 34.9 Å². The molecule has 2 N–H and O–H groups in total. The van der Waals surface area contributed by atoms with Gasteiger partial charge in [-0.15, -0.1) is 0 Å². The zero-order valence-corrected chi connectivity index (χ0v) is 28.0. The van der Waals surface area contributed by atoms with Gasteiger partial charge in [-0.25, -0.2) is 0 Å². The quantitative estimate of drug-likeness (QED) is 0.265. The molecule has 252 valence electrons. The van der Waals surface area contributed by atoms with Crippen molar-refractivity contribution in [3.8, 4) is 0 Å². The van der Waals surface area contributed by atoms with Crippen molar-refractivity contribution in [3.05, 3.63) is 102 Å². The van der Waals surface area contributed by atoms with E-state index in [9.17, 15) is 24.6 Å². The molecule has 1 spiro atoms. The molecule has 0 radical (unpaired) electrons. The molecule has 4 aliphatic rings. The van der Waals surface area contributed by atoms with Crippen LogP contribution in [-0.4, -0.2) is 63.7 Å². The lowest BCUT2D eigenvalue weighted by Gasteiger charge is -2.34. The van der Waals surface area contributed by atoms with Crippen molar-refractivity contribution in [2.75, 3.05) is 23.0 Å². The third kappa shape index (κ3) is 4.74. The Hall–Kier alpha value is -4.57. The maximum absolute atomic E-state index is 15.0. The molecule has 2 fully saturated rings. The Balaban J connectivity index is 1.25. The van der Waals surface area contributed by atoms with E-state index in [0.29, 0.717) is 35.6 Å². The Morgan fingerprint density at radius 2 is 1.73 bits per heavy atom. The summed E-state index contributed by atoms with van der Waals surface area (Å²) < 4.78 is 6.97. The van der Waals surface area contributed by atoms with Crippen molar-refractivity contribution in [2.24, 2.45) is 11.8 Å². The van der Waals surface area contributed by atoms with Crippen LogP contribution in [0.15, 0.2) is 84.9 Å². The first-order chi connectivity index (χ1) is 23.5. The number of fused-ring (bicyclic) bond motifs is 2. The topological polar surface area (TPSA) is 111 Å².